The minimum absolute atomic E-state index is 0.966. The maximum atomic E-state index is 5.33. The SMILES string of the molecule is CNCCc1cc(N(C)C)ccc1OC. The molecule has 0 spiro atoms. The topological polar surface area (TPSA) is 24.5 Å². The molecular formula is C12H20N2O. The molecule has 0 fully saturated rings. The maximum Gasteiger partial charge on any atom is 0.122 e. The molecule has 0 aliphatic carbocycles. The van der Waals surface area contributed by atoms with Gasteiger partial charge in [0.15, 0.2) is 0 Å². The van der Waals surface area contributed by atoms with Gasteiger partial charge in [0.25, 0.3) is 0 Å². The average molecular weight is 208 g/mol. The summed E-state index contributed by atoms with van der Waals surface area (Å²) in [5.41, 5.74) is 2.46. The first-order valence-corrected chi connectivity index (χ1v) is 5.18. The second-order valence-electron chi connectivity index (χ2n) is 3.74. The highest BCUT2D eigenvalue weighted by atomic mass is 16.5. The lowest BCUT2D eigenvalue weighted by Gasteiger charge is -2.16. The highest BCUT2D eigenvalue weighted by Gasteiger charge is 2.04. The number of benzene rings is 1. The molecule has 1 rings (SSSR count). The summed E-state index contributed by atoms with van der Waals surface area (Å²) < 4.78 is 5.33. The van der Waals surface area contributed by atoms with E-state index in [1.807, 2.05) is 27.2 Å². The Morgan fingerprint density at radius 2 is 2.07 bits per heavy atom. The van der Waals surface area contributed by atoms with Crippen LogP contribution in [-0.2, 0) is 6.42 Å². The van der Waals surface area contributed by atoms with Crippen LogP contribution in [-0.4, -0.2) is 34.8 Å². The van der Waals surface area contributed by atoms with Crippen LogP contribution >= 0.6 is 0 Å². The molecule has 0 heterocycles. The van der Waals surface area contributed by atoms with Gasteiger partial charge in [-0.1, -0.05) is 0 Å². The van der Waals surface area contributed by atoms with E-state index >= 15 is 0 Å². The zero-order valence-corrected chi connectivity index (χ0v) is 10.0. The third kappa shape index (κ3) is 3.13. The second-order valence-corrected chi connectivity index (χ2v) is 3.74. The summed E-state index contributed by atoms with van der Waals surface area (Å²) in [4.78, 5) is 2.10. The normalized spacial score (nSPS) is 10.1. The molecule has 0 atom stereocenters. The van der Waals surface area contributed by atoms with Gasteiger partial charge in [0.1, 0.15) is 5.75 Å². The number of anilines is 1. The molecule has 0 aliphatic heterocycles. The maximum absolute atomic E-state index is 5.33. The van der Waals surface area contributed by atoms with Gasteiger partial charge in [-0.05, 0) is 43.8 Å². The van der Waals surface area contributed by atoms with Crippen LogP contribution in [0.3, 0.4) is 0 Å². The Morgan fingerprint density at radius 1 is 1.33 bits per heavy atom. The van der Waals surface area contributed by atoms with Gasteiger partial charge in [0, 0.05) is 19.8 Å². The zero-order chi connectivity index (χ0) is 11.3. The molecular weight excluding hydrogens is 188 g/mol. The van der Waals surface area contributed by atoms with E-state index in [0.29, 0.717) is 0 Å². The molecule has 15 heavy (non-hydrogen) atoms. The average Bonchev–Trinajstić information content (AvgIpc) is 2.25. The van der Waals surface area contributed by atoms with E-state index < -0.39 is 0 Å². The molecule has 0 saturated carbocycles. The van der Waals surface area contributed by atoms with Crippen LogP contribution in [0.25, 0.3) is 0 Å². The first-order chi connectivity index (χ1) is 7.19. The lowest BCUT2D eigenvalue weighted by Crippen LogP contribution is -2.13. The van der Waals surface area contributed by atoms with Crippen molar-refractivity contribution in [3.63, 3.8) is 0 Å². The van der Waals surface area contributed by atoms with Gasteiger partial charge in [0.2, 0.25) is 0 Å². The quantitative estimate of drug-likeness (QED) is 0.794. The molecule has 0 amide bonds. The Balaban J connectivity index is 2.91. The lowest BCUT2D eigenvalue weighted by atomic mass is 10.1. The Hall–Kier alpha value is -1.22. The smallest absolute Gasteiger partial charge is 0.122 e. The van der Waals surface area contributed by atoms with Crippen molar-refractivity contribution in [2.75, 3.05) is 39.7 Å². The number of rotatable bonds is 5. The first kappa shape index (κ1) is 11.9. The van der Waals surface area contributed by atoms with Gasteiger partial charge in [-0.25, -0.2) is 0 Å². The number of nitrogens with zero attached hydrogens (tertiary/aromatic N) is 1. The van der Waals surface area contributed by atoms with Crippen molar-refractivity contribution in [2.24, 2.45) is 0 Å². The van der Waals surface area contributed by atoms with Gasteiger partial charge >= 0.3 is 0 Å². The van der Waals surface area contributed by atoms with Crippen LogP contribution in [0.1, 0.15) is 5.56 Å². The molecule has 1 N–H and O–H groups in total. The van der Waals surface area contributed by atoms with Crippen molar-refractivity contribution in [3.8, 4) is 5.75 Å². The van der Waals surface area contributed by atoms with Gasteiger partial charge in [-0.3, -0.25) is 0 Å². The number of methoxy groups -OCH3 is 1. The van der Waals surface area contributed by atoms with E-state index in [4.69, 9.17) is 4.74 Å². The highest BCUT2D eigenvalue weighted by Crippen LogP contribution is 2.24. The van der Waals surface area contributed by atoms with E-state index in [2.05, 4.69) is 22.3 Å². The number of hydrogen-bond acceptors (Lipinski definition) is 3. The van der Waals surface area contributed by atoms with E-state index in [0.717, 1.165) is 18.7 Å². The summed E-state index contributed by atoms with van der Waals surface area (Å²) in [6, 6.07) is 6.28. The molecule has 0 saturated heterocycles. The first-order valence-electron chi connectivity index (χ1n) is 5.18. The summed E-state index contributed by atoms with van der Waals surface area (Å²) in [6.07, 6.45) is 0.987. The largest absolute Gasteiger partial charge is 0.496 e. The van der Waals surface area contributed by atoms with Crippen LogP contribution in [0.4, 0.5) is 5.69 Å². The summed E-state index contributed by atoms with van der Waals surface area (Å²) in [5, 5.41) is 3.15. The third-order valence-electron chi connectivity index (χ3n) is 2.42. The predicted molar refractivity (Wildman–Crippen MR) is 65.0 cm³/mol. The van der Waals surface area contributed by atoms with E-state index in [1.54, 1.807) is 7.11 Å². The van der Waals surface area contributed by atoms with Crippen molar-refractivity contribution >= 4 is 5.69 Å². The Labute approximate surface area is 92.0 Å². The third-order valence-corrected chi connectivity index (χ3v) is 2.42. The summed E-state index contributed by atoms with van der Waals surface area (Å²) >= 11 is 0. The van der Waals surface area contributed by atoms with Gasteiger partial charge in [-0.15, -0.1) is 0 Å². The van der Waals surface area contributed by atoms with Crippen molar-refractivity contribution in [1.29, 1.82) is 0 Å². The van der Waals surface area contributed by atoms with E-state index in [1.165, 1.54) is 11.3 Å². The van der Waals surface area contributed by atoms with Crippen molar-refractivity contribution in [2.45, 2.75) is 6.42 Å². The second kappa shape index (κ2) is 5.61. The van der Waals surface area contributed by atoms with Crippen molar-refractivity contribution < 1.29 is 4.74 Å². The van der Waals surface area contributed by atoms with Crippen LogP contribution in [0, 0.1) is 0 Å². The fourth-order valence-electron chi connectivity index (χ4n) is 1.50. The molecule has 3 heteroatoms. The molecule has 0 aliphatic rings. The van der Waals surface area contributed by atoms with Crippen molar-refractivity contribution in [1.82, 2.24) is 5.32 Å². The van der Waals surface area contributed by atoms with Crippen LogP contribution in [0.15, 0.2) is 18.2 Å². The predicted octanol–water partition coefficient (Wildman–Crippen LogP) is 1.52. The van der Waals surface area contributed by atoms with Crippen LogP contribution in [0.5, 0.6) is 5.75 Å². The standard InChI is InChI=1S/C12H20N2O/c1-13-8-7-10-9-11(14(2)3)5-6-12(10)15-4/h5-6,9,13H,7-8H2,1-4H3. The van der Waals surface area contributed by atoms with E-state index in [-0.39, 0.29) is 0 Å². The van der Waals surface area contributed by atoms with Crippen LogP contribution in [0.2, 0.25) is 0 Å². The number of hydrogen-bond donors (Lipinski definition) is 1. The molecule has 0 unspecified atom stereocenters. The Morgan fingerprint density at radius 3 is 2.60 bits per heavy atom. The number of ether oxygens (including phenoxy) is 1. The fraction of sp³-hybridized carbons (Fsp3) is 0.500. The molecule has 1 aromatic rings. The molecule has 0 radical (unpaired) electrons. The lowest BCUT2D eigenvalue weighted by molar-refractivity contribution is 0.409. The molecule has 0 bridgehead atoms. The summed E-state index contributed by atoms with van der Waals surface area (Å²) in [5.74, 6) is 0.968. The molecule has 3 nitrogen and oxygen atoms in total. The van der Waals surface area contributed by atoms with Crippen LogP contribution < -0.4 is 15.0 Å². The molecule has 1 aromatic carbocycles. The monoisotopic (exact) mass is 208 g/mol. The van der Waals surface area contributed by atoms with Gasteiger partial charge in [0.05, 0.1) is 7.11 Å². The highest BCUT2D eigenvalue weighted by molar-refractivity contribution is 5.52. The zero-order valence-electron chi connectivity index (χ0n) is 10.0. The minimum atomic E-state index is 0.966. The molecule has 84 valence electrons. The molecule has 0 aromatic heterocycles. The Bertz CT molecular complexity index is 310. The van der Waals surface area contributed by atoms with Crippen molar-refractivity contribution in [3.05, 3.63) is 23.8 Å². The number of likely N-dealkylation sites (N-methyl/N-ethyl adjacent to an activating group) is 1. The number of nitrogens with one attached hydrogen (secondary N) is 1. The summed E-state index contributed by atoms with van der Waals surface area (Å²) in [6.45, 7) is 0.966. The van der Waals surface area contributed by atoms with Gasteiger partial charge < -0.3 is 15.0 Å². The summed E-state index contributed by atoms with van der Waals surface area (Å²) in [7, 11) is 7.77. The minimum Gasteiger partial charge on any atom is -0.496 e. The fourth-order valence-corrected chi connectivity index (χ4v) is 1.50. The Kier molecular flexibility index (Phi) is 4.43. The van der Waals surface area contributed by atoms with Gasteiger partial charge in [-0.2, -0.15) is 0 Å². The van der Waals surface area contributed by atoms with E-state index in [9.17, 15) is 0 Å².